The third kappa shape index (κ3) is 3.95. The molecule has 110 valence electrons. The van der Waals surface area contributed by atoms with E-state index in [1.165, 1.54) is 0 Å². The fraction of sp³-hybridized carbons (Fsp3) is 0.867. The standard InChI is InChI=1S/C15H27NO3/c1-5-10(3)9-16(6-2)14(17)12-7-11(4)8-13(12)15(18)19/h10-13H,5-9H2,1-4H3,(H,18,19). The van der Waals surface area contributed by atoms with Gasteiger partial charge in [-0.3, -0.25) is 9.59 Å². The molecule has 4 atom stereocenters. The first-order chi connectivity index (χ1) is 8.90. The second-order valence-electron chi connectivity index (χ2n) is 6.02. The van der Waals surface area contributed by atoms with E-state index in [1.54, 1.807) is 0 Å². The summed E-state index contributed by atoms with van der Waals surface area (Å²) < 4.78 is 0. The molecule has 0 spiro atoms. The predicted molar refractivity (Wildman–Crippen MR) is 74.7 cm³/mol. The van der Waals surface area contributed by atoms with Gasteiger partial charge in [-0.05, 0) is 31.6 Å². The number of aliphatic carboxylic acids is 1. The minimum Gasteiger partial charge on any atom is -0.481 e. The number of carboxylic acid groups (broad SMARTS) is 1. The SMILES string of the molecule is CCC(C)CN(CC)C(=O)C1CC(C)CC1C(=O)O. The van der Waals surface area contributed by atoms with Crippen LogP contribution in [0.15, 0.2) is 0 Å². The van der Waals surface area contributed by atoms with Crippen molar-refractivity contribution in [2.75, 3.05) is 13.1 Å². The second-order valence-corrected chi connectivity index (χ2v) is 6.02. The number of carboxylic acids is 1. The zero-order chi connectivity index (χ0) is 14.6. The number of amides is 1. The minimum absolute atomic E-state index is 0.0413. The molecule has 0 saturated heterocycles. The number of rotatable bonds is 6. The van der Waals surface area contributed by atoms with Crippen LogP contribution in [0.5, 0.6) is 0 Å². The van der Waals surface area contributed by atoms with Gasteiger partial charge in [-0.25, -0.2) is 0 Å². The Morgan fingerprint density at radius 2 is 1.84 bits per heavy atom. The van der Waals surface area contributed by atoms with Gasteiger partial charge in [-0.1, -0.05) is 27.2 Å². The maximum absolute atomic E-state index is 12.6. The molecule has 0 aromatic carbocycles. The molecule has 1 saturated carbocycles. The lowest BCUT2D eigenvalue weighted by Crippen LogP contribution is -2.41. The van der Waals surface area contributed by atoms with Crippen molar-refractivity contribution in [1.82, 2.24) is 4.90 Å². The highest BCUT2D eigenvalue weighted by molar-refractivity contribution is 5.85. The lowest BCUT2D eigenvalue weighted by atomic mass is 9.94. The molecule has 0 aromatic heterocycles. The van der Waals surface area contributed by atoms with E-state index in [1.807, 2.05) is 18.7 Å². The van der Waals surface area contributed by atoms with E-state index in [9.17, 15) is 14.7 Å². The van der Waals surface area contributed by atoms with Gasteiger partial charge in [-0.15, -0.1) is 0 Å². The smallest absolute Gasteiger partial charge is 0.307 e. The molecular formula is C15H27NO3. The molecule has 1 N–H and O–H groups in total. The molecule has 0 bridgehead atoms. The fourth-order valence-electron chi connectivity index (χ4n) is 2.95. The Labute approximate surface area is 116 Å². The Morgan fingerprint density at radius 1 is 1.26 bits per heavy atom. The molecule has 1 amide bonds. The van der Waals surface area contributed by atoms with Crippen LogP contribution < -0.4 is 0 Å². The monoisotopic (exact) mass is 269 g/mol. The maximum Gasteiger partial charge on any atom is 0.307 e. The molecule has 1 aliphatic rings. The van der Waals surface area contributed by atoms with Crippen LogP contribution in [0.3, 0.4) is 0 Å². The minimum atomic E-state index is -0.817. The average Bonchev–Trinajstić information content (AvgIpc) is 2.77. The van der Waals surface area contributed by atoms with Gasteiger partial charge in [0.15, 0.2) is 0 Å². The van der Waals surface area contributed by atoms with Crippen molar-refractivity contribution in [3.05, 3.63) is 0 Å². The number of hydrogen-bond acceptors (Lipinski definition) is 2. The molecule has 0 aromatic rings. The van der Waals surface area contributed by atoms with Gasteiger partial charge in [0.25, 0.3) is 0 Å². The molecule has 0 aliphatic heterocycles. The Kier molecular flexibility index (Phi) is 5.83. The molecule has 0 radical (unpaired) electrons. The van der Waals surface area contributed by atoms with Gasteiger partial charge in [0.2, 0.25) is 5.91 Å². The molecule has 1 aliphatic carbocycles. The van der Waals surface area contributed by atoms with E-state index in [0.29, 0.717) is 31.2 Å². The van der Waals surface area contributed by atoms with Gasteiger partial charge >= 0.3 is 5.97 Å². The summed E-state index contributed by atoms with van der Waals surface area (Å²) in [5, 5.41) is 9.26. The number of carbonyl (C=O) groups excluding carboxylic acids is 1. The summed E-state index contributed by atoms with van der Waals surface area (Å²) >= 11 is 0. The zero-order valence-corrected chi connectivity index (χ0v) is 12.6. The molecule has 0 heterocycles. The summed E-state index contributed by atoms with van der Waals surface area (Å²) in [6.07, 6.45) is 2.38. The summed E-state index contributed by atoms with van der Waals surface area (Å²) in [5.41, 5.74) is 0. The summed E-state index contributed by atoms with van der Waals surface area (Å²) in [5.74, 6) is -0.796. The van der Waals surface area contributed by atoms with E-state index in [2.05, 4.69) is 13.8 Å². The Balaban J connectivity index is 2.75. The van der Waals surface area contributed by atoms with E-state index in [-0.39, 0.29) is 11.8 Å². The average molecular weight is 269 g/mol. The quantitative estimate of drug-likeness (QED) is 0.806. The molecule has 4 heteroatoms. The third-order valence-electron chi connectivity index (χ3n) is 4.36. The van der Waals surface area contributed by atoms with Crippen molar-refractivity contribution in [3.8, 4) is 0 Å². The van der Waals surface area contributed by atoms with E-state index >= 15 is 0 Å². The molecular weight excluding hydrogens is 242 g/mol. The zero-order valence-electron chi connectivity index (χ0n) is 12.6. The third-order valence-corrected chi connectivity index (χ3v) is 4.36. The van der Waals surface area contributed by atoms with Crippen molar-refractivity contribution in [2.45, 2.75) is 47.0 Å². The molecule has 4 unspecified atom stereocenters. The second kappa shape index (κ2) is 6.92. The topological polar surface area (TPSA) is 57.6 Å². The lowest BCUT2D eigenvalue weighted by molar-refractivity contribution is -0.149. The molecule has 1 fully saturated rings. The first-order valence-corrected chi connectivity index (χ1v) is 7.42. The van der Waals surface area contributed by atoms with Crippen LogP contribution in [-0.2, 0) is 9.59 Å². The van der Waals surface area contributed by atoms with Crippen LogP contribution in [0.25, 0.3) is 0 Å². The Morgan fingerprint density at radius 3 is 2.32 bits per heavy atom. The molecule has 4 nitrogen and oxygen atoms in total. The first kappa shape index (κ1) is 16.0. The van der Waals surface area contributed by atoms with Gasteiger partial charge < -0.3 is 10.0 Å². The highest BCUT2D eigenvalue weighted by Crippen LogP contribution is 2.37. The van der Waals surface area contributed by atoms with Crippen molar-refractivity contribution >= 4 is 11.9 Å². The molecule has 1 rings (SSSR count). The van der Waals surface area contributed by atoms with Crippen LogP contribution >= 0.6 is 0 Å². The van der Waals surface area contributed by atoms with E-state index in [4.69, 9.17) is 0 Å². The normalized spacial score (nSPS) is 28.1. The van der Waals surface area contributed by atoms with Crippen LogP contribution in [0.2, 0.25) is 0 Å². The summed E-state index contributed by atoms with van der Waals surface area (Å²) in [7, 11) is 0. The summed E-state index contributed by atoms with van der Waals surface area (Å²) in [6.45, 7) is 9.65. The van der Waals surface area contributed by atoms with Crippen LogP contribution in [0, 0.1) is 23.7 Å². The predicted octanol–water partition coefficient (Wildman–Crippen LogP) is 2.63. The highest BCUT2D eigenvalue weighted by Gasteiger charge is 2.42. The fourth-order valence-corrected chi connectivity index (χ4v) is 2.95. The van der Waals surface area contributed by atoms with Gasteiger partial charge in [0, 0.05) is 13.1 Å². The van der Waals surface area contributed by atoms with Crippen molar-refractivity contribution < 1.29 is 14.7 Å². The number of nitrogens with zero attached hydrogens (tertiary/aromatic N) is 1. The van der Waals surface area contributed by atoms with E-state index < -0.39 is 11.9 Å². The van der Waals surface area contributed by atoms with Crippen molar-refractivity contribution in [3.63, 3.8) is 0 Å². The van der Waals surface area contributed by atoms with Gasteiger partial charge in [0.05, 0.1) is 11.8 Å². The molecule has 19 heavy (non-hydrogen) atoms. The van der Waals surface area contributed by atoms with Crippen molar-refractivity contribution in [2.24, 2.45) is 23.7 Å². The summed E-state index contributed by atoms with van der Waals surface area (Å²) in [6, 6.07) is 0. The first-order valence-electron chi connectivity index (χ1n) is 7.42. The Hall–Kier alpha value is -1.06. The maximum atomic E-state index is 12.6. The van der Waals surface area contributed by atoms with E-state index in [0.717, 1.165) is 13.0 Å². The van der Waals surface area contributed by atoms with Crippen LogP contribution in [-0.4, -0.2) is 35.0 Å². The van der Waals surface area contributed by atoms with Crippen molar-refractivity contribution in [1.29, 1.82) is 0 Å². The van der Waals surface area contributed by atoms with Crippen LogP contribution in [0.1, 0.15) is 47.0 Å². The van der Waals surface area contributed by atoms with Gasteiger partial charge in [0.1, 0.15) is 0 Å². The largest absolute Gasteiger partial charge is 0.481 e. The summed E-state index contributed by atoms with van der Waals surface area (Å²) in [4.78, 5) is 25.7. The number of carbonyl (C=O) groups is 2. The lowest BCUT2D eigenvalue weighted by Gasteiger charge is -2.28. The highest BCUT2D eigenvalue weighted by atomic mass is 16.4. The van der Waals surface area contributed by atoms with Crippen LogP contribution in [0.4, 0.5) is 0 Å². The number of hydrogen-bond donors (Lipinski definition) is 1. The Bertz CT molecular complexity index is 329. The van der Waals surface area contributed by atoms with Gasteiger partial charge in [-0.2, -0.15) is 0 Å².